The molecule has 0 fully saturated rings. The summed E-state index contributed by atoms with van der Waals surface area (Å²) >= 11 is 0. The van der Waals surface area contributed by atoms with E-state index in [0.717, 1.165) is 24.5 Å². The van der Waals surface area contributed by atoms with Gasteiger partial charge in [-0.2, -0.15) is 0 Å². The molecule has 3 nitrogen and oxygen atoms in total. The van der Waals surface area contributed by atoms with Crippen LogP contribution in [0.15, 0.2) is 12.3 Å². The molecule has 0 unspecified atom stereocenters. The quantitative estimate of drug-likeness (QED) is 0.763. The summed E-state index contributed by atoms with van der Waals surface area (Å²) in [5.41, 5.74) is 0.887. The van der Waals surface area contributed by atoms with E-state index in [1.54, 1.807) is 6.07 Å². The van der Waals surface area contributed by atoms with Crippen LogP contribution in [0.25, 0.3) is 0 Å². The van der Waals surface area contributed by atoms with Crippen LogP contribution >= 0.6 is 0 Å². The van der Waals surface area contributed by atoms with Crippen molar-refractivity contribution in [2.75, 3.05) is 18.4 Å². The molecule has 0 aromatic carbocycles. The average Bonchev–Trinajstić information content (AvgIpc) is 2.37. The number of nitrogens with one attached hydrogen (secondary N) is 2. The molecule has 1 rings (SSSR count). The first-order valence-electron chi connectivity index (χ1n) is 7.54. The number of rotatable bonds is 8. The molecule has 0 bridgehead atoms. The normalized spacial score (nSPS) is 11.7. The van der Waals surface area contributed by atoms with Crippen LogP contribution in [0, 0.1) is 23.6 Å². The van der Waals surface area contributed by atoms with Gasteiger partial charge in [0, 0.05) is 18.7 Å². The van der Waals surface area contributed by atoms with Gasteiger partial charge in [0.15, 0.2) is 0 Å². The summed E-state index contributed by atoms with van der Waals surface area (Å²) in [7, 11) is 0. The molecular weight excluding hydrogens is 253 g/mol. The van der Waals surface area contributed by atoms with Crippen molar-refractivity contribution in [2.45, 2.75) is 41.2 Å². The Morgan fingerprint density at radius 3 is 2.40 bits per heavy atom. The van der Waals surface area contributed by atoms with Gasteiger partial charge in [-0.15, -0.1) is 0 Å². The lowest BCUT2D eigenvalue weighted by Gasteiger charge is -2.25. The van der Waals surface area contributed by atoms with E-state index in [4.69, 9.17) is 0 Å². The minimum atomic E-state index is -0.285. The third-order valence-corrected chi connectivity index (χ3v) is 3.72. The van der Waals surface area contributed by atoms with Crippen LogP contribution in [-0.4, -0.2) is 18.1 Å². The Hall–Kier alpha value is -1.16. The number of halogens is 1. The van der Waals surface area contributed by atoms with Gasteiger partial charge in [-0.3, -0.25) is 0 Å². The van der Waals surface area contributed by atoms with Crippen LogP contribution < -0.4 is 10.6 Å². The van der Waals surface area contributed by atoms with Gasteiger partial charge in [-0.1, -0.05) is 34.6 Å². The van der Waals surface area contributed by atoms with E-state index in [9.17, 15) is 4.39 Å². The molecule has 0 aliphatic heterocycles. The number of pyridine rings is 1. The van der Waals surface area contributed by atoms with Crippen molar-refractivity contribution >= 4 is 5.82 Å². The van der Waals surface area contributed by atoms with Crippen molar-refractivity contribution in [3.05, 3.63) is 23.6 Å². The second kappa shape index (κ2) is 8.20. The molecule has 0 spiro atoms. The lowest BCUT2D eigenvalue weighted by Crippen LogP contribution is -2.25. The maximum absolute atomic E-state index is 13.3. The van der Waals surface area contributed by atoms with Crippen LogP contribution in [0.3, 0.4) is 0 Å². The summed E-state index contributed by atoms with van der Waals surface area (Å²) in [5.74, 6) is 2.31. The van der Waals surface area contributed by atoms with Crippen LogP contribution in [0.2, 0.25) is 0 Å². The Kier molecular flexibility index (Phi) is 6.93. The highest BCUT2D eigenvalue weighted by Crippen LogP contribution is 2.22. The maximum atomic E-state index is 13.3. The zero-order valence-electron chi connectivity index (χ0n) is 13.3. The molecule has 0 saturated heterocycles. The highest BCUT2D eigenvalue weighted by atomic mass is 19.1. The van der Waals surface area contributed by atoms with Crippen molar-refractivity contribution in [3.8, 4) is 0 Å². The van der Waals surface area contributed by atoms with E-state index in [2.05, 4.69) is 43.3 Å². The van der Waals surface area contributed by atoms with Gasteiger partial charge in [-0.05, 0) is 30.4 Å². The SMILES string of the molecule is CCNCc1cc(F)cnc1NCC(C(C)C)C(C)C. The Morgan fingerprint density at radius 1 is 1.20 bits per heavy atom. The van der Waals surface area contributed by atoms with Gasteiger partial charge < -0.3 is 10.6 Å². The van der Waals surface area contributed by atoms with Crippen LogP contribution in [0.5, 0.6) is 0 Å². The fourth-order valence-electron chi connectivity index (χ4n) is 2.49. The average molecular weight is 281 g/mol. The lowest BCUT2D eigenvalue weighted by atomic mass is 9.85. The highest BCUT2D eigenvalue weighted by Gasteiger charge is 2.18. The zero-order chi connectivity index (χ0) is 15.1. The van der Waals surface area contributed by atoms with E-state index < -0.39 is 0 Å². The molecule has 2 N–H and O–H groups in total. The smallest absolute Gasteiger partial charge is 0.141 e. The fourth-order valence-corrected chi connectivity index (χ4v) is 2.49. The second-order valence-electron chi connectivity index (χ2n) is 5.97. The van der Waals surface area contributed by atoms with E-state index in [-0.39, 0.29) is 5.82 Å². The Balaban J connectivity index is 2.75. The summed E-state index contributed by atoms with van der Waals surface area (Å²) in [4.78, 5) is 4.20. The van der Waals surface area contributed by atoms with E-state index in [0.29, 0.717) is 24.3 Å². The van der Waals surface area contributed by atoms with Gasteiger partial charge in [0.05, 0.1) is 6.20 Å². The first kappa shape index (κ1) is 16.9. The number of anilines is 1. The van der Waals surface area contributed by atoms with Crippen molar-refractivity contribution in [2.24, 2.45) is 17.8 Å². The zero-order valence-corrected chi connectivity index (χ0v) is 13.3. The van der Waals surface area contributed by atoms with Crippen LogP contribution in [0.1, 0.15) is 40.2 Å². The molecule has 1 aromatic heterocycles. The summed E-state index contributed by atoms with van der Waals surface area (Å²) < 4.78 is 13.3. The third kappa shape index (κ3) is 5.08. The number of hydrogen-bond acceptors (Lipinski definition) is 3. The monoisotopic (exact) mass is 281 g/mol. The van der Waals surface area contributed by atoms with Crippen molar-refractivity contribution < 1.29 is 4.39 Å². The van der Waals surface area contributed by atoms with E-state index >= 15 is 0 Å². The topological polar surface area (TPSA) is 37.0 Å². The molecule has 0 aliphatic carbocycles. The second-order valence-corrected chi connectivity index (χ2v) is 5.97. The molecule has 1 aromatic rings. The van der Waals surface area contributed by atoms with E-state index in [1.165, 1.54) is 6.20 Å². The molecule has 0 atom stereocenters. The molecule has 1 heterocycles. The van der Waals surface area contributed by atoms with Gasteiger partial charge in [-0.25, -0.2) is 9.37 Å². The molecule has 114 valence electrons. The minimum Gasteiger partial charge on any atom is -0.370 e. The molecule has 20 heavy (non-hydrogen) atoms. The number of nitrogens with zero attached hydrogens (tertiary/aromatic N) is 1. The Morgan fingerprint density at radius 2 is 1.85 bits per heavy atom. The van der Waals surface area contributed by atoms with Crippen molar-refractivity contribution in [3.63, 3.8) is 0 Å². The van der Waals surface area contributed by atoms with Gasteiger partial charge in [0.2, 0.25) is 0 Å². The summed E-state index contributed by atoms with van der Waals surface area (Å²) in [6.07, 6.45) is 1.28. The molecular formula is C16H28FN3. The molecule has 0 aliphatic rings. The molecule has 0 saturated carbocycles. The standard InChI is InChI=1S/C16H28FN3/c1-6-18-8-13-7-14(17)9-19-16(13)20-10-15(11(2)3)12(4)5/h7,9,11-12,15,18H,6,8,10H2,1-5H3,(H,19,20). The third-order valence-electron chi connectivity index (χ3n) is 3.72. The lowest BCUT2D eigenvalue weighted by molar-refractivity contribution is 0.304. The Bertz CT molecular complexity index is 397. The Labute approximate surface area is 122 Å². The van der Waals surface area contributed by atoms with Gasteiger partial charge in [0.25, 0.3) is 0 Å². The van der Waals surface area contributed by atoms with Crippen molar-refractivity contribution in [1.29, 1.82) is 0 Å². The van der Waals surface area contributed by atoms with E-state index in [1.807, 2.05) is 6.92 Å². The highest BCUT2D eigenvalue weighted by molar-refractivity contribution is 5.44. The van der Waals surface area contributed by atoms with Crippen LogP contribution in [0.4, 0.5) is 10.2 Å². The largest absolute Gasteiger partial charge is 0.370 e. The first-order chi connectivity index (χ1) is 9.45. The first-order valence-corrected chi connectivity index (χ1v) is 7.54. The molecule has 0 amide bonds. The van der Waals surface area contributed by atoms with Crippen molar-refractivity contribution in [1.82, 2.24) is 10.3 Å². The predicted molar refractivity (Wildman–Crippen MR) is 83.2 cm³/mol. The number of aromatic nitrogens is 1. The van der Waals surface area contributed by atoms with Gasteiger partial charge in [0.1, 0.15) is 11.6 Å². The van der Waals surface area contributed by atoms with Crippen LogP contribution in [-0.2, 0) is 6.54 Å². The summed E-state index contributed by atoms with van der Waals surface area (Å²) in [6.45, 7) is 13.4. The van der Waals surface area contributed by atoms with Gasteiger partial charge >= 0.3 is 0 Å². The predicted octanol–water partition coefficient (Wildman–Crippen LogP) is 3.67. The summed E-state index contributed by atoms with van der Waals surface area (Å²) in [5, 5.41) is 6.61. The molecule has 4 heteroatoms. The maximum Gasteiger partial charge on any atom is 0.141 e. The number of hydrogen-bond donors (Lipinski definition) is 2. The summed E-state index contributed by atoms with van der Waals surface area (Å²) in [6, 6.07) is 1.55. The molecule has 0 radical (unpaired) electrons. The minimum absolute atomic E-state index is 0.285. The fraction of sp³-hybridized carbons (Fsp3) is 0.688.